The smallest absolute Gasteiger partial charge is 0.163 e. The zero-order valence-corrected chi connectivity index (χ0v) is 14.9. The van der Waals surface area contributed by atoms with Crippen LogP contribution in [0.5, 0.6) is 0 Å². The second-order valence-electron chi connectivity index (χ2n) is 4.41. The second kappa shape index (κ2) is 9.51. The standard InChI is InChI=1S/C15H14N4.2C2H6/c1-10-5-6-13-12(8-10)15(16-2)19-14(18-13)11-4-3-7-17-9-11;2*1-2/h3-9H,1-2H3,(H,16,18,19);2*1-2H3. The summed E-state index contributed by atoms with van der Waals surface area (Å²) in [6.45, 7) is 10.1. The van der Waals surface area contributed by atoms with E-state index in [9.17, 15) is 0 Å². The maximum Gasteiger partial charge on any atom is 0.163 e. The van der Waals surface area contributed by atoms with Gasteiger partial charge in [-0.15, -0.1) is 0 Å². The lowest BCUT2D eigenvalue weighted by Crippen LogP contribution is -1.99. The first kappa shape index (κ1) is 18.6. The van der Waals surface area contributed by atoms with E-state index < -0.39 is 0 Å². The monoisotopic (exact) mass is 310 g/mol. The van der Waals surface area contributed by atoms with Crippen molar-refractivity contribution in [2.75, 3.05) is 12.4 Å². The summed E-state index contributed by atoms with van der Waals surface area (Å²) in [4.78, 5) is 13.3. The molecule has 2 aromatic heterocycles. The highest BCUT2D eigenvalue weighted by atomic mass is 15.0. The molecule has 0 amide bonds. The summed E-state index contributed by atoms with van der Waals surface area (Å²) in [5, 5.41) is 4.17. The Morgan fingerprint density at radius 1 is 0.957 bits per heavy atom. The van der Waals surface area contributed by atoms with Gasteiger partial charge in [-0.2, -0.15) is 0 Å². The Balaban J connectivity index is 0.000000615. The van der Waals surface area contributed by atoms with Crippen molar-refractivity contribution in [3.63, 3.8) is 0 Å². The largest absolute Gasteiger partial charge is 0.373 e. The third-order valence-corrected chi connectivity index (χ3v) is 3.01. The number of nitrogens with one attached hydrogen (secondary N) is 1. The maximum absolute atomic E-state index is 4.60. The quantitative estimate of drug-likeness (QED) is 0.716. The highest BCUT2D eigenvalue weighted by Gasteiger charge is 2.08. The number of benzene rings is 1. The molecule has 0 spiro atoms. The lowest BCUT2D eigenvalue weighted by molar-refractivity contribution is 1.19. The fourth-order valence-corrected chi connectivity index (χ4v) is 2.06. The minimum Gasteiger partial charge on any atom is -0.373 e. The summed E-state index contributed by atoms with van der Waals surface area (Å²) in [6, 6.07) is 10.0. The summed E-state index contributed by atoms with van der Waals surface area (Å²) in [7, 11) is 1.87. The molecule has 1 N–H and O–H groups in total. The molecule has 122 valence electrons. The highest BCUT2D eigenvalue weighted by Crippen LogP contribution is 2.25. The van der Waals surface area contributed by atoms with Crippen LogP contribution in [0, 0.1) is 6.92 Å². The normalized spacial score (nSPS) is 9.30. The molecule has 0 radical (unpaired) electrons. The van der Waals surface area contributed by atoms with Crippen molar-refractivity contribution < 1.29 is 0 Å². The van der Waals surface area contributed by atoms with Gasteiger partial charge in [0.2, 0.25) is 0 Å². The lowest BCUT2D eigenvalue weighted by atomic mass is 10.1. The first-order chi connectivity index (χ1) is 11.3. The number of nitrogens with zero attached hydrogens (tertiary/aromatic N) is 3. The molecule has 0 bridgehead atoms. The van der Waals surface area contributed by atoms with Gasteiger partial charge in [0.1, 0.15) is 5.82 Å². The summed E-state index contributed by atoms with van der Waals surface area (Å²) in [6.07, 6.45) is 3.52. The van der Waals surface area contributed by atoms with Crippen LogP contribution < -0.4 is 5.32 Å². The van der Waals surface area contributed by atoms with Crippen LogP contribution in [0.25, 0.3) is 22.3 Å². The molecule has 3 aromatic rings. The van der Waals surface area contributed by atoms with Gasteiger partial charge in [0.15, 0.2) is 5.82 Å². The average molecular weight is 310 g/mol. The SMILES string of the molecule is CC.CC.CNc1nc(-c2cccnc2)nc2ccc(C)cc12. The van der Waals surface area contributed by atoms with E-state index in [4.69, 9.17) is 0 Å². The van der Waals surface area contributed by atoms with Crippen LogP contribution in [0.4, 0.5) is 5.82 Å². The fourth-order valence-electron chi connectivity index (χ4n) is 2.06. The molecular formula is C19H26N4. The van der Waals surface area contributed by atoms with Crippen molar-refractivity contribution >= 4 is 16.7 Å². The third kappa shape index (κ3) is 4.49. The van der Waals surface area contributed by atoms with Crippen LogP contribution in [0.15, 0.2) is 42.7 Å². The molecule has 0 aliphatic rings. The fraction of sp³-hybridized carbons (Fsp3) is 0.316. The number of aryl methyl sites for hydroxylation is 1. The van der Waals surface area contributed by atoms with Gasteiger partial charge < -0.3 is 5.32 Å². The Morgan fingerprint density at radius 2 is 1.70 bits per heavy atom. The first-order valence-corrected chi connectivity index (χ1v) is 8.14. The number of rotatable bonds is 2. The van der Waals surface area contributed by atoms with E-state index in [2.05, 4.69) is 39.3 Å². The van der Waals surface area contributed by atoms with E-state index in [0.29, 0.717) is 5.82 Å². The molecule has 0 aliphatic heterocycles. The number of fused-ring (bicyclic) bond motifs is 1. The van der Waals surface area contributed by atoms with Gasteiger partial charge in [-0.1, -0.05) is 39.3 Å². The molecule has 4 nitrogen and oxygen atoms in total. The van der Waals surface area contributed by atoms with Crippen molar-refractivity contribution in [2.24, 2.45) is 0 Å². The molecule has 3 rings (SSSR count). The van der Waals surface area contributed by atoms with Crippen molar-refractivity contribution in [1.82, 2.24) is 15.0 Å². The molecule has 0 atom stereocenters. The molecule has 2 heterocycles. The van der Waals surface area contributed by atoms with Gasteiger partial charge in [-0.3, -0.25) is 4.98 Å². The van der Waals surface area contributed by atoms with Gasteiger partial charge >= 0.3 is 0 Å². The molecule has 0 saturated carbocycles. The number of anilines is 1. The summed E-state index contributed by atoms with van der Waals surface area (Å²) >= 11 is 0. The molecular weight excluding hydrogens is 284 g/mol. The van der Waals surface area contributed by atoms with Gasteiger partial charge in [0, 0.05) is 30.4 Å². The van der Waals surface area contributed by atoms with E-state index in [1.54, 1.807) is 12.4 Å². The number of pyridine rings is 1. The first-order valence-electron chi connectivity index (χ1n) is 8.14. The molecule has 0 saturated heterocycles. The maximum atomic E-state index is 4.60. The zero-order chi connectivity index (χ0) is 17.2. The average Bonchev–Trinajstić information content (AvgIpc) is 2.65. The van der Waals surface area contributed by atoms with Gasteiger partial charge in [-0.25, -0.2) is 9.97 Å². The number of aromatic nitrogens is 3. The molecule has 0 aliphatic carbocycles. The predicted octanol–water partition coefficient (Wildman–Crippen LogP) is 5.09. The van der Waals surface area contributed by atoms with Crippen molar-refractivity contribution in [2.45, 2.75) is 34.6 Å². The van der Waals surface area contributed by atoms with E-state index in [1.807, 2.05) is 52.9 Å². The second-order valence-corrected chi connectivity index (χ2v) is 4.41. The van der Waals surface area contributed by atoms with Crippen molar-refractivity contribution in [3.8, 4) is 11.4 Å². The van der Waals surface area contributed by atoms with Crippen LogP contribution in [-0.2, 0) is 0 Å². The molecule has 4 heteroatoms. The highest BCUT2D eigenvalue weighted by molar-refractivity contribution is 5.91. The Morgan fingerprint density at radius 3 is 2.30 bits per heavy atom. The molecule has 0 fully saturated rings. The van der Waals surface area contributed by atoms with Crippen molar-refractivity contribution in [1.29, 1.82) is 0 Å². The van der Waals surface area contributed by atoms with Gasteiger partial charge in [0.25, 0.3) is 0 Å². The third-order valence-electron chi connectivity index (χ3n) is 3.01. The van der Waals surface area contributed by atoms with Crippen LogP contribution in [0.1, 0.15) is 33.3 Å². The van der Waals surface area contributed by atoms with Crippen LogP contribution in [-0.4, -0.2) is 22.0 Å². The van der Waals surface area contributed by atoms with Gasteiger partial charge in [0.05, 0.1) is 5.52 Å². The topological polar surface area (TPSA) is 50.7 Å². The Labute approximate surface area is 139 Å². The van der Waals surface area contributed by atoms with E-state index in [0.717, 1.165) is 22.3 Å². The molecule has 23 heavy (non-hydrogen) atoms. The van der Waals surface area contributed by atoms with Crippen LogP contribution in [0.3, 0.4) is 0 Å². The van der Waals surface area contributed by atoms with E-state index in [1.165, 1.54) is 5.56 Å². The summed E-state index contributed by atoms with van der Waals surface area (Å²) in [5.41, 5.74) is 3.05. The van der Waals surface area contributed by atoms with E-state index in [-0.39, 0.29) is 0 Å². The zero-order valence-electron chi connectivity index (χ0n) is 14.9. The Kier molecular flexibility index (Phi) is 7.67. The number of hydrogen-bond donors (Lipinski definition) is 1. The van der Waals surface area contributed by atoms with Crippen LogP contribution in [0.2, 0.25) is 0 Å². The molecule has 1 aromatic carbocycles. The minimum atomic E-state index is 0.689. The number of hydrogen-bond acceptors (Lipinski definition) is 4. The lowest BCUT2D eigenvalue weighted by Gasteiger charge is -2.08. The predicted molar refractivity (Wildman–Crippen MR) is 99.7 cm³/mol. The minimum absolute atomic E-state index is 0.689. The van der Waals surface area contributed by atoms with Crippen LogP contribution >= 0.6 is 0 Å². The van der Waals surface area contributed by atoms with Crippen molar-refractivity contribution in [3.05, 3.63) is 48.3 Å². The Bertz CT molecular complexity index is 724. The molecule has 0 unspecified atom stereocenters. The summed E-state index contributed by atoms with van der Waals surface area (Å²) in [5.74, 6) is 1.53. The Hall–Kier alpha value is -2.49. The summed E-state index contributed by atoms with van der Waals surface area (Å²) < 4.78 is 0. The van der Waals surface area contributed by atoms with Gasteiger partial charge in [-0.05, 0) is 31.2 Å². The van der Waals surface area contributed by atoms with E-state index >= 15 is 0 Å².